The molecule has 3 aromatic rings. The number of hydrogen-bond acceptors (Lipinski definition) is 5. The van der Waals surface area contributed by atoms with Gasteiger partial charge in [-0.05, 0) is 48.5 Å². The van der Waals surface area contributed by atoms with Crippen molar-refractivity contribution in [2.75, 3.05) is 18.5 Å². The van der Waals surface area contributed by atoms with Crippen LogP contribution in [0.2, 0.25) is 0 Å². The van der Waals surface area contributed by atoms with E-state index in [9.17, 15) is 14.4 Å². The van der Waals surface area contributed by atoms with Crippen LogP contribution < -0.4 is 25.6 Å². The summed E-state index contributed by atoms with van der Waals surface area (Å²) in [5.74, 6) is -0.123. The van der Waals surface area contributed by atoms with Crippen LogP contribution in [0.1, 0.15) is 27.6 Å². The average molecular weight is 433 g/mol. The van der Waals surface area contributed by atoms with Crippen molar-refractivity contribution in [3.63, 3.8) is 0 Å². The summed E-state index contributed by atoms with van der Waals surface area (Å²) >= 11 is 0. The minimum atomic E-state index is -0.521. The number of ether oxygens (including phenoxy) is 2. The van der Waals surface area contributed by atoms with Gasteiger partial charge in [0.25, 0.3) is 11.8 Å². The summed E-state index contributed by atoms with van der Waals surface area (Å²) in [7, 11) is 0. The lowest BCUT2D eigenvalue weighted by Gasteiger charge is -2.13. The van der Waals surface area contributed by atoms with Gasteiger partial charge in [-0.3, -0.25) is 25.2 Å². The molecule has 0 aromatic heterocycles. The topological polar surface area (TPSA) is 106 Å². The van der Waals surface area contributed by atoms with Gasteiger partial charge in [-0.1, -0.05) is 30.3 Å². The van der Waals surface area contributed by atoms with Crippen molar-refractivity contribution in [3.8, 4) is 11.5 Å². The number of hydrazine groups is 1. The molecule has 0 saturated heterocycles. The molecule has 0 unspecified atom stereocenters. The van der Waals surface area contributed by atoms with Gasteiger partial charge in [0.05, 0.1) is 5.56 Å². The monoisotopic (exact) mass is 433 g/mol. The fraction of sp³-hybridized carbons (Fsp3) is 0.125. The molecule has 0 bridgehead atoms. The molecule has 0 aliphatic rings. The highest BCUT2D eigenvalue weighted by molar-refractivity contribution is 6.00. The smallest absolute Gasteiger partial charge is 0.273 e. The highest BCUT2D eigenvalue weighted by Crippen LogP contribution is 2.18. The van der Waals surface area contributed by atoms with Gasteiger partial charge >= 0.3 is 0 Å². The number of benzene rings is 3. The summed E-state index contributed by atoms with van der Waals surface area (Å²) in [6.07, 6.45) is 0. The SMILES string of the molecule is CC(=O)Nc1ccc(C(=O)NNC(=O)c2ccccc2OCCOc2ccccc2)cc1. The quantitative estimate of drug-likeness (QED) is 0.374. The average Bonchev–Trinajstić information content (AvgIpc) is 2.81. The second kappa shape index (κ2) is 11.2. The highest BCUT2D eigenvalue weighted by atomic mass is 16.5. The number of nitrogens with one attached hydrogen (secondary N) is 3. The normalized spacial score (nSPS) is 10.0. The Kier molecular flexibility index (Phi) is 7.80. The van der Waals surface area contributed by atoms with Gasteiger partial charge in [0.2, 0.25) is 5.91 Å². The molecule has 0 aliphatic carbocycles. The first-order valence-corrected chi connectivity index (χ1v) is 9.91. The fourth-order valence-corrected chi connectivity index (χ4v) is 2.77. The van der Waals surface area contributed by atoms with E-state index in [0.29, 0.717) is 23.6 Å². The van der Waals surface area contributed by atoms with E-state index < -0.39 is 11.8 Å². The summed E-state index contributed by atoms with van der Waals surface area (Å²) in [5, 5.41) is 2.62. The van der Waals surface area contributed by atoms with Gasteiger partial charge in [0, 0.05) is 18.2 Å². The maximum absolute atomic E-state index is 12.5. The number of para-hydroxylation sites is 2. The zero-order valence-corrected chi connectivity index (χ0v) is 17.5. The Morgan fingerprint density at radius 3 is 2.06 bits per heavy atom. The number of amides is 3. The van der Waals surface area contributed by atoms with Crippen LogP contribution in [0.3, 0.4) is 0 Å². The third-order valence-corrected chi connectivity index (χ3v) is 4.24. The van der Waals surface area contributed by atoms with Crippen molar-refractivity contribution < 1.29 is 23.9 Å². The van der Waals surface area contributed by atoms with Gasteiger partial charge in [0.15, 0.2) is 0 Å². The molecule has 0 fully saturated rings. The molecule has 8 nitrogen and oxygen atoms in total. The first kappa shape index (κ1) is 22.4. The molecule has 0 radical (unpaired) electrons. The maximum atomic E-state index is 12.5. The number of carbonyl (C=O) groups is 3. The Morgan fingerprint density at radius 1 is 0.719 bits per heavy atom. The predicted molar refractivity (Wildman–Crippen MR) is 120 cm³/mol. The van der Waals surface area contributed by atoms with E-state index >= 15 is 0 Å². The minimum absolute atomic E-state index is 0.207. The second-order valence-electron chi connectivity index (χ2n) is 6.67. The summed E-state index contributed by atoms with van der Waals surface area (Å²) in [4.78, 5) is 35.9. The number of anilines is 1. The van der Waals surface area contributed by atoms with Crippen LogP contribution in [-0.2, 0) is 4.79 Å². The van der Waals surface area contributed by atoms with Gasteiger partial charge in [0.1, 0.15) is 24.7 Å². The largest absolute Gasteiger partial charge is 0.490 e. The van der Waals surface area contributed by atoms with Crippen LogP contribution in [-0.4, -0.2) is 30.9 Å². The molecule has 3 N–H and O–H groups in total. The van der Waals surface area contributed by atoms with E-state index in [4.69, 9.17) is 9.47 Å². The maximum Gasteiger partial charge on any atom is 0.273 e. The molecular formula is C24H23N3O5. The molecule has 0 spiro atoms. The van der Waals surface area contributed by atoms with Gasteiger partial charge in [-0.2, -0.15) is 0 Å². The Balaban J connectivity index is 1.51. The van der Waals surface area contributed by atoms with Crippen LogP contribution in [0.15, 0.2) is 78.9 Å². The van der Waals surface area contributed by atoms with Crippen LogP contribution in [0.25, 0.3) is 0 Å². The molecule has 0 heterocycles. The third kappa shape index (κ3) is 6.60. The number of carbonyl (C=O) groups excluding carboxylic acids is 3. The van der Waals surface area contributed by atoms with E-state index in [0.717, 1.165) is 5.75 Å². The lowest BCUT2D eigenvalue weighted by atomic mass is 10.2. The molecule has 0 atom stereocenters. The molecule has 3 rings (SSSR count). The highest BCUT2D eigenvalue weighted by Gasteiger charge is 2.14. The van der Waals surface area contributed by atoms with Crippen molar-refractivity contribution >= 4 is 23.4 Å². The summed E-state index contributed by atoms with van der Waals surface area (Å²) in [6, 6.07) is 22.3. The standard InChI is InChI=1S/C24H23N3O5/c1-17(28)25-19-13-11-18(12-14-19)23(29)26-27-24(30)21-9-5-6-10-22(21)32-16-15-31-20-7-3-2-4-8-20/h2-14H,15-16H2,1H3,(H,25,28)(H,26,29)(H,27,30). The fourth-order valence-electron chi connectivity index (χ4n) is 2.77. The van der Waals surface area contributed by atoms with Gasteiger partial charge in [-0.15, -0.1) is 0 Å². The van der Waals surface area contributed by atoms with E-state index in [1.165, 1.54) is 19.1 Å². The molecular weight excluding hydrogens is 410 g/mol. The molecule has 3 aromatic carbocycles. The summed E-state index contributed by atoms with van der Waals surface area (Å²) in [6.45, 7) is 1.95. The van der Waals surface area contributed by atoms with Crippen molar-refractivity contribution in [3.05, 3.63) is 90.0 Å². The van der Waals surface area contributed by atoms with E-state index in [-0.39, 0.29) is 18.1 Å². The predicted octanol–water partition coefficient (Wildman–Crippen LogP) is 3.18. The van der Waals surface area contributed by atoms with Crippen LogP contribution in [0, 0.1) is 0 Å². The number of hydrogen-bond donors (Lipinski definition) is 3. The van der Waals surface area contributed by atoms with E-state index in [1.807, 2.05) is 30.3 Å². The molecule has 164 valence electrons. The second-order valence-corrected chi connectivity index (χ2v) is 6.67. The van der Waals surface area contributed by atoms with Crippen molar-refractivity contribution in [1.82, 2.24) is 10.9 Å². The lowest BCUT2D eigenvalue weighted by molar-refractivity contribution is -0.114. The van der Waals surface area contributed by atoms with Crippen molar-refractivity contribution in [2.24, 2.45) is 0 Å². The molecule has 3 amide bonds. The van der Waals surface area contributed by atoms with Gasteiger partial charge in [-0.25, -0.2) is 0 Å². The number of rotatable bonds is 8. The van der Waals surface area contributed by atoms with E-state index in [1.54, 1.807) is 36.4 Å². The van der Waals surface area contributed by atoms with Crippen LogP contribution in [0.4, 0.5) is 5.69 Å². The van der Waals surface area contributed by atoms with Crippen LogP contribution >= 0.6 is 0 Å². The van der Waals surface area contributed by atoms with E-state index in [2.05, 4.69) is 16.2 Å². The van der Waals surface area contributed by atoms with Crippen LogP contribution in [0.5, 0.6) is 11.5 Å². The Bertz CT molecular complexity index is 1070. The Labute approximate surface area is 185 Å². The summed E-state index contributed by atoms with van der Waals surface area (Å²) < 4.78 is 11.3. The molecule has 8 heteroatoms. The first-order chi connectivity index (χ1) is 15.5. The van der Waals surface area contributed by atoms with Gasteiger partial charge < -0.3 is 14.8 Å². The zero-order valence-electron chi connectivity index (χ0n) is 17.5. The van der Waals surface area contributed by atoms with Crippen molar-refractivity contribution in [2.45, 2.75) is 6.92 Å². The molecule has 0 saturated carbocycles. The first-order valence-electron chi connectivity index (χ1n) is 9.91. The third-order valence-electron chi connectivity index (χ3n) is 4.24. The Morgan fingerprint density at radius 2 is 1.34 bits per heavy atom. The zero-order chi connectivity index (χ0) is 22.8. The Hall–Kier alpha value is -4.33. The lowest BCUT2D eigenvalue weighted by Crippen LogP contribution is -2.41. The minimum Gasteiger partial charge on any atom is -0.490 e. The molecule has 0 aliphatic heterocycles. The van der Waals surface area contributed by atoms with Crippen molar-refractivity contribution in [1.29, 1.82) is 0 Å². The molecule has 32 heavy (non-hydrogen) atoms. The summed E-state index contributed by atoms with van der Waals surface area (Å²) in [5.41, 5.74) is 5.91.